The minimum Gasteiger partial charge on any atom is -0.310 e. The molecule has 0 amide bonds. The van der Waals surface area contributed by atoms with E-state index in [1.165, 1.54) is 63.4 Å². The number of nitrogens with one attached hydrogen (secondary N) is 1. The molecule has 0 aliphatic heterocycles. The number of nitrogens with zero attached hydrogens (tertiary/aromatic N) is 2. The van der Waals surface area contributed by atoms with Crippen molar-refractivity contribution in [1.82, 2.24) is 15.1 Å². The summed E-state index contributed by atoms with van der Waals surface area (Å²) in [5.74, 6) is 0. The first-order valence-corrected chi connectivity index (χ1v) is 8.13. The summed E-state index contributed by atoms with van der Waals surface area (Å²) in [6.45, 7) is 4.34. The lowest BCUT2D eigenvalue weighted by molar-refractivity contribution is 0.523. The number of hydrogen-bond acceptors (Lipinski definition) is 2. The van der Waals surface area contributed by atoms with Crippen LogP contribution in [0.3, 0.4) is 0 Å². The molecular formula is C16H29N3. The Morgan fingerprint density at radius 1 is 1.16 bits per heavy atom. The van der Waals surface area contributed by atoms with Gasteiger partial charge in [-0.15, -0.1) is 0 Å². The van der Waals surface area contributed by atoms with E-state index < -0.39 is 0 Å². The Balaban J connectivity index is 1.50. The molecule has 0 saturated heterocycles. The molecular weight excluding hydrogens is 234 g/mol. The Bertz CT molecular complexity index is 342. The second kappa shape index (κ2) is 8.36. The van der Waals surface area contributed by atoms with Gasteiger partial charge in [0.25, 0.3) is 0 Å². The molecule has 2 rings (SSSR count). The van der Waals surface area contributed by atoms with Gasteiger partial charge in [0, 0.05) is 30.9 Å². The Labute approximate surface area is 117 Å². The molecule has 0 radical (unpaired) electrons. The maximum Gasteiger partial charge on any atom is 0.0534 e. The summed E-state index contributed by atoms with van der Waals surface area (Å²) in [7, 11) is 0. The van der Waals surface area contributed by atoms with Gasteiger partial charge in [-0.3, -0.25) is 4.68 Å². The highest BCUT2D eigenvalue weighted by molar-refractivity contribution is 5.04. The maximum atomic E-state index is 4.44. The molecule has 3 nitrogen and oxygen atoms in total. The van der Waals surface area contributed by atoms with Crippen molar-refractivity contribution in [3.63, 3.8) is 0 Å². The number of rotatable bonds is 11. The predicted octanol–water partition coefficient (Wildman–Crippen LogP) is 3.89. The molecule has 0 aromatic carbocycles. The van der Waals surface area contributed by atoms with Crippen LogP contribution in [0.5, 0.6) is 0 Å². The van der Waals surface area contributed by atoms with Crippen LogP contribution in [-0.4, -0.2) is 15.8 Å². The fraction of sp³-hybridized carbons (Fsp3) is 0.812. The number of hydrogen-bond donors (Lipinski definition) is 1. The molecule has 3 heteroatoms. The molecule has 108 valence electrons. The molecule has 1 aliphatic rings. The average Bonchev–Trinajstić information content (AvgIpc) is 3.15. The molecule has 0 bridgehead atoms. The number of aryl methyl sites for hydroxylation is 1. The van der Waals surface area contributed by atoms with Gasteiger partial charge >= 0.3 is 0 Å². The molecule has 1 saturated carbocycles. The summed E-state index contributed by atoms with van der Waals surface area (Å²) in [4.78, 5) is 0. The van der Waals surface area contributed by atoms with Crippen LogP contribution in [0.4, 0.5) is 0 Å². The predicted molar refractivity (Wildman–Crippen MR) is 80.1 cm³/mol. The van der Waals surface area contributed by atoms with E-state index in [1.807, 2.05) is 6.20 Å². The van der Waals surface area contributed by atoms with Gasteiger partial charge in [-0.2, -0.15) is 5.10 Å². The van der Waals surface area contributed by atoms with E-state index >= 15 is 0 Å². The normalized spacial score (nSPS) is 15.0. The Morgan fingerprint density at radius 3 is 2.63 bits per heavy atom. The van der Waals surface area contributed by atoms with E-state index in [4.69, 9.17) is 0 Å². The smallest absolute Gasteiger partial charge is 0.0534 e. The van der Waals surface area contributed by atoms with E-state index in [-0.39, 0.29) is 0 Å². The first kappa shape index (κ1) is 14.6. The fourth-order valence-electron chi connectivity index (χ4n) is 2.40. The lowest BCUT2D eigenvalue weighted by Crippen LogP contribution is -2.14. The van der Waals surface area contributed by atoms with E-state index in [0.29, 0.717) is 0 Å². The summed E-state index contributed by atoms with van der Waals surface area (Å²) in [5.41, 5.74) is 1.33. The molecule has 0 spiro atoms. The first-order chi connectivity index (χ1) is 9.38. The third-order valence-corrected chi connectivity index (χ3v) is 3.85. The van der Waals surface area contributed by atoms with Gasteiger partial charge in [-0.25, -0.2) is 0 Å². The monoisotopic (exact) mass is 263 g/mol. The average molecular weight is 263 g/mol. The van der Waals surface area contributed by atoms with E-state index in [1.54, 1.807) is 0 Å². The minimum absolute atomic E-state index is 0.784. The Morgan fingerprint density at radius 2 is 1.89 bits per heavy atom. The van der Waals surface area contributed by atoms with Gasteiger partial charge in [-0.05, 0) is 19.3 Å². The summed E-state index contributed by atoms with van der Waals surface area (Å²) < 4.78 is 2.11. The molecule has 1 aromatic rings. The van der Waals surface area contributed by atoms with Crippen LogP contribution in [0.1, 0.15) is 70.3 Å². The van der Waals surface area contributed by atoms with Crippen molar-refractivity contribution < 1.29 is 0 Å². The van der Waals surface area contributed by atoms with Crippen molar-refractivity contribution in [3.8, 4) is 0 Å². The zero-order chi connectivity index (χ0) is 13.3. The van der Waals surface area contributed by atoms with Gasteiger partial charge in [0.05, 0.1) is 6.20 Å². The molecule has 1 aromatic heterocycles. The second-order valence-corrected chi connectivity index (χ2v) is 5.89. The number of aromatic nitrogens is 2. The minimum atomic E-state index is 0.784. The highest BCUT2D eigenvalue weighted by Crippen LogP contribution is 2.19. The lowest BCUT2D eigenvalue weighted by Gasteiger charge is -2.02. The van der Waals surface area contributed by atoms with Crippen LogP contribution in [-0.2, 0) is 13.1 Å². The van der Waals surface area contributed by atoms with Gasteiger partial charge in [-0.1, -0.05) is 45.4 Å². The van der Waals surface area contributed by atoms with E-state index in [9.17, 15) is 0 Å². The Kier molecular flexibility index (Phi) is 6.42. The van der Waals surface area contributed by atoms with Crippen molar-refractivity contribution in [2.75, 3.05) is 0 Å². The van der Waals surface area contributed by atoms with Gasteiger partial charge < -0.3 is 5.32 Å². The van der Waals surface area contributed by atoms with Gasteiger partial charge in [0.2, 0.25) is 0 Å². The standard InChI is InChI=1S/C16H29N3/c1-2-3-4-5-6-7-8-11-19-14-15(13-18-19)12-17-16-9-10-16/h13-14,16-17H,2-12H2,1H3. The highest BCUT2D eigenvalue weighted by atomic mass is 15.3. The van der Waals surface area contributed by atoms with Crippen molar-refractivity contribution in [1.29, 1.82) is 0 Å². The maximum absolute atomic E-state index is 4.44. The Hall–Kier alpha value is -0.830. The molecule has 0 atom stereocenters. The highest BCUT2D eigenvalue weighted by Gasteiger charge is 2.20. The van der Waals surface area contributed by atoms with Gasteiger partial charge in [0.1, 0.15) is 0 Å². The van der Waals surface area contributed by atoms with Crippen molar-refractivity contribution >= 4 is 0 Å². The van der Waals surface area contributed by atoms with Crippen LogP contribution >= 0.6 is 0 Å². The topological polar surface area (TPSA) is 29.9 Å². The molecule has 0 unspecified atom stereocenters. The first-order valence-electron chi connectivity index (χ1n) is 8.13. The largest absolute Gasteiger partial charge is 0.310 e. The molecule has 19 heavy (non-hydrogen) atoms. The van der Waals surface area contributed by atoms with Crippen molar-refractivity contribution in [2.24, 2.45) is 0 Å². The number of unbranched alkanes of at least 4 members (excludes halogenated alkanes) is 6. The zero-order valence-corrected chi connectivity index (χ0v) is 12.4. The summed E-state index contributed by atoms with van der Waals surface area (Å²) in [6, 6.07) is 0.784. The molecule has 1 heterocycles. The van der Waals surface area contributed by atoms with Crippen LogP contribution < -0.4 is 5.32 Å². The van der Waals surface area contributed by atoms with Crippen molar-refractivity contribution in [2.45, 2.75) is 83.8 Å². The van der Waals surface area contributed by atoms with Crippen molar-refractivity contribution in [3.05, 3.63) is 18.0 Å². The van der Waals surface area contributed by atoms with Gasteiger partial charge in [0.15, 0.2) is 0 Å². The summed E-state index contributed by atoms with van der Waals surface area (Å²) in [5, 5.41) is 7.97. The van der Waals surface area contributed by atoms with E-state index in [2.05, 4.69) is 28.2 Å². The third kappa shape index (κ3) is 6.24. The summed E-state index contributed by atoms with van der Waals surface area (Å²) in [6.07, 6.45) is 16.5. The fourth-order valence-corrected chi connectivity index (χ4v) is 2.40. The lowest BCUT2D eigenvalue weighted by atomic mass is 10.1. The van der Waals surface area contributed by atoms with Crippen LogP contribution in [0, 0.1) is 0 Å². The van der Waals surface area contributed by atoms with Crippen LogP contribution in [0.15, 0.2) is 12.4 Å². The van der Waals surface area contributed by atoms with Crippen LogP contribution in [0.2, 0.25) is 0 Å². The third-order valence-electron chi connectivity index (χ3n) is 3.85. The molecule has 1 aliphatic carbocycles. The summed E-state index contributed by atoms with van der Waals surface area (Å²) >= 11 is 0. The van der Waals surface area contributed by atoms with Crippen LogP contribution in [0.25, 0.3) is 0 Å². The second-order valence-electron chi connectivity index (χ2n) is 5.89. The SMILES string of the molecule is CCCCCCCCCn1cc(CNC2CC2)cn1. The molecule has 1 N–H and O–H groups in total. The quantitative estimate of drug-likeness (QED) is 0.614. The zero-order valence-electron chi connectivity index (χ0n) is 12.4. The van der Waals surface area contributed by atoms with E-state index in [0.717, 1.165) is 19.1 Å². The molecule has 1 fully saturated rings.